The topological polar surface area (TPSA) is 53.1 Å². The Kier molecular flexibility index (Phi) is 7.96. The van der Waals surface area contributed by atoms with Crippen molar-refractivity contribution >= 4 is 23.2 Å². The fourth-order valence-electron chi connectivity index (χ4n) is 6.31. The predicted octanol–water partition coefficient (Wildman–Crippen LogP) is 4.73. The third kappa shape index (κ3) is 5.47. The molecule has 0 spiro atoms. The first-order valence-electron chi connectivity index (χ1n) is 13.5. The van der Waals surface area contributed by atoms with E-state index >= 15 is 0 Å². The highest BCUT2D eigenvalue weighted by atomic mass is 32.1. The van der Waals surface area contributed by atoms with Crippen molar-refractivity contribution in [2.75, 3.05) is 39.8 Å². The number of rotatable bonds is 7. The van der Waals surface area contributed by atoms with Crippen LogP contribution in [0.4, 0.5) is 0 Å². The maximum Gasteiger partial charge on any atom is 0.236 e. The van der Waals surface area contributed by atoms with Crippen LogP contribution in [0.15, 0.2) is 35.7 Å². The summed E-state index contributed by atoms with van der Waals surface area (Å²) >= 11 is 1.81. The number of fused-ring (bicyclic) bond motifs is 1. The molecule has 7 heteroatoms. The summed E-state index contributed by atoms with van der Waals surface area (Å²) in [5.74, 6) is 2.01. The Bertz CT molecular complexity index is 1050. The standard InChI is InChI=1S/C29H39N3O3S/c1-21-19-30(16-17-32(21)27(33)12-7-22-5-3-4-6-22)28(34)20-31-15-13-26-25(14-18-36-26)29(31)23-8-10-24(35-2)11-9-23/h8-11,14,18,21-22,29H,3-7,12-13,15-17,19-20H2,1-2H3. The highest BCUT2D eigenvalue weighted by Crippen LogP contribution is 2.38. The minimum Gasteiger partial charge on any atom is -0.497 e. The SMILES string of the molecule is COc1ccc(C2c3ccsc3CCN2CC(=O)N2CCN(C(=O)CCC3CCCC3)C(C)C2)cc1. The minimum atomic E-state index is 0.0704. The molecule has 0 bridgehead atoms. The van der Waals surface area contributed by atoms with Gasteiger partial charge < -0.3 is 14.5 Å². The normalized spacial score (nSPS) is 23.1. The Balaban J connectivity index is 1.21. The van der Waals surface area contributed by atoms with Crippen molar-refractivity contribution in [2.24, 2.45) is 5.92 Å². The van der Waals surface area contributed by atoms with Crippen LogP contribution in [0, 0.1) is 5.92 Å². The number of piperazine rings is 1. The van der Waals surface area contributed by atoms with Gasteiger partial charge in [0.1, 0.15) is 5.75 Å². The van der Waals surface area contributed by atoms with E-state index in [0.717, 1.165) is 31.1 Å². The van der Waals surface area contributed by atoms with E-state index in [9.17, 15) is 9.59 Å². The van der Waals surface area contributed by atoms with Gasteiger partial charge in [0.2, 0.25) is 11.8 Å². The zero-order valence-electron chi connectivity index (χ0n) is 21.7. The summed E-state index contributed by atoms with van der Waals surface area (Å²) in [6.45, 7) is 5.25. The van der Waals surface area contributed by atoms with E-state index in [4.69, 9.17) is 4.74 Å². The molecule has 0 radical (unpaired) electrons. The lowest BCUT2D eigenvalue weighted by Crippen LogP contribution is -2.57. The zero-order chi connectivity index (χ0) is 25.1. The largest absolute Gasteiger partial charge is 0.497 e. The smallest absolute Gasteiger partial charge is 0.236 e. The van der Waals surface area contributed by atoms with E-state index in [1.807, 2.05) is 33.3 Å². The molecule has 2 fully saturated rings. The lowest BCUT2D eigenvalue weighted by Gasteiger charge is -2.42. The molecule has 194 valence electrons. The van der Waals surface area contributed by atoms with E-state index in [1.54, 1.807) is 7.11 Å². The van der Waals surface area contributed by atoms with E-state index in [0.29, 0.717) is 32.6 Å². The van der Waals surface area contributed by atoms with Gasteiger partial charge >= 0.3 is 0 Å². The minimum absolute atomic E-state index is 0.0704. The molecule has 3 aliphatic rings. The van der Waals surface area contributed by atoms with Crippen LogP contribution in [0.5, 0.6) is 5.75 Å². The molecule has 1 aromatic heterocycles. The van der Waals surface area contributed by atoms with Crippen molar-refractivity contribution in [3.05, 3.63) is 51.7 Å². The van der Waals surface area contributed by atoms with Crippen LogP contribution in [-0.4, -0.2) is 72.4 Å². The Labute approximate surface area is 219 Å². The van der Waals surface area contributed by atoms with Gasteiger partial charge in [-0.15, -0.1) is 11.3 Å². The Morgan fingerprint density at radius 1 is 1.03 bits per heavy atom. The summed E-state index contributed by atoms with van der Waals surface area (Å²) < 4.78 is 5.36. The average molecular weight is 510 g/mol. The summed E-state index contributed by atoms with van der Waals surface area (Å²) in [5, 5.41) is 2.16. The third-order valence-electron chi connectivity index (χ3n) is 8.38. The lowest BCUT2D eigenvalue weighted by molar-refractivity contribution is -0.143. The summed E-state index contributed by atoms with van der Waals surface area (Å²) in [6.07, 6.45) is 7.87. The van der Waals surface area contributed by atoms with Crippen molar-refractivity contribution in [2.45, 2.75) is 64.0 Å². The molecule has 2 aromatic rings. The Hall–Kier alpha value is -2.38. The maximum atomic E-state index is 13.5. The molecule has 1 saturated heterocycles. The molecule has 2 unspecified atom stereocenters. The van der Waals surface area contributed by atoms with E-state index in [-0.39, 0.29) is 23.9 Å². The highest BCUT2D eigenvalue weighted by Gasteiger charge is 2.34. The maximum absolute atomic E-state index is 13.5. The second kappa shape index (κ2) is 11.3. The second-order valence-corrected chi connectivity index (χ2v) is 11.7. The monoisotopic (exact) mass is 509 g/mol. The van der Waals surface area contributed by atoms with Crippen molar-refractivity contribution < 1.29 is 14.3 Å². The van der Waals surface area contributed by atoms with Crippen molar-refractivity contribution in [1.29, 1.82) is 0 Å². The van der Waals surface area contributed by atoms with Crippen LogP contribution in [0.3, 0.4) is 0 Å². The number of nitrogens with zero attached hydrogens (tertiary/aromatic N) is 3. The number of carbonyl (C=O) groups excluding carboxylic acids is 2. The molecule has 2 atom stereocenters. The molecule has 0 N–H and O–H groups in total. The number of hydrogen-bond donors (Lipinski definition) is 0. The van der Waals surface area contributed by atoms with Gasteiger partial charge in [-0.05, 0) is 60.4 Å². The predicted molar refractivity (Wildman–Crippen MR) is 143 cm³/mol. The summed E-state index contributed by atoms with van der Waals surface area (Å²) in [6, 6.07) is 10.6. The molecule has 1 aliphatic carbocycles. The third-order valence-corrected chi connectivity index (χ3v) is 9.37. The molecule has 2 amide bonds. The number of amides is 2. The fourth-order valence-corrected chi connectivity index (χ4v) is 7.22. The zero-order valence-corrected chi connectivity index (χ0v) is 22.5. The Morgan fingerprint density at radius 2 is 1.81 bits per heavy atom. The Morgan fingerprint density at radius 3 is 2.53 bits per heavy atom. The number of hydrogen-bond acceptors (Lipinski definition) is 5. The van der Waals surface area contributed by atoms with Crippen LogP contribution in [0.25, 0.3) is 0 Å². The summed E-state index contributed by atoms with van der Waals surface area (Å²) in [5.41, 5.74) is 2.50. The molecular formula is C29H39N3O3S. The van der Waals surface area contributed by atoms with Gasteiger partial charge in [-0.3, -0.25) is 14.5 Å². The fraction of sp³-hybridized carbons (Fsp3) is 0.586. The molecule has 1 saturated carbocycles. The molecule has 6 nitrogen and oxygen atoms in total. The van der Waals surface area contributed by atoms with E-state index in [1.165, 1.54) is 41.7 Å². The van der Waals surface area contributed by atoms with Crippen molar-refractivity contribution in [3.8, 4) is 5.75 Å². The lowest BCUT2D eigenvalue weighted by atomic mass is 9.93. The molecule has 1 aromatic carbocycles. The van der Waals surface area contributed by atoms with Crippen LogP contribution in [0.2, 0.25) is 0 Å². The van der Waals surface area contributed by atoms with Crippen LogP contribution in [0.1, 0.15) is 67.5 Å². The quantitative estimate of drug-likeness (QED) is 0.541. The first kappa shape index (κ1) is 25.3. The van der Waals surface area contributed by atoms with Gasteiger partial charge in [0.05, 0.1) is 19.7 Å². The molecule has 36 heavy (non-hydrogen) atoms. The first-order valence-corrected chi connectivity index (χ1v) is 14.4. The summed E-state index contributed by atoms with van der Waals surface area (Å²) in [4.78, 5) is 34.1. The molecular weight excluding hydrogens is 470 g/mol. The van der Waals surface area contributed by atoms with Crippen molar-refractivity contribution in [3.63, 3.8) is 0 Å². The number of benzene rings is 1. The van der Waals surface area contributed by atoms with Gasteiger partial charge in [0.25, 0.3) is 0 Å². The number of thiophene rings is 1. The number of ether oxygens (including phenoxy) is 1. The molecule has 5 rings (SSSR count). The summed E-state index contributed by atoms with van der Waals surface area (Å²) in [7, 11) is 1.68. The van der Waals surface area contributed by atoms with E-state index < -0.39 is 0 Å². The molecule has 2 aliphatic heterocycles. The number of carbonyl (C=O) groups is 2. The molecule has 3 heterocycles. The van der Waals surface area contributed by atoms with Crippen LogP contribution < -0.4 is 4.74 Å². The van der Waals surface area contributed by atoms with Gasteiger partial charge in [-0.25, -0.2) is 0 Å². The average Bonchev–Trinajstić information content (AvgIpc) is 3.59. The van der Waals surface area contributed by atoms with Gasteiger partial charge in [0.15, 0.2) is 0 Å². The van der Waals surface area contributed by atoms with Gasteiger partial charge in [-0.1, -0.05) is 37.8 Å². The second-order valence-electron chi connectivity index (χ2n) is 10.7. The number of methoxy groups -OCH3 is 1. The highest BCUT2D eigenvalue weighted by molar-refractivity contribution is 7.10. The first-order chi connectivity index (χ1) is 17.5. The van der Waals surface area contributed by atoms with Crippen molar-refractivity contribution in [1.82, 2.24) is 14.7 Å². The van der Waals surface area contributed by atoms with Crippen LogP contribution >= 0.6 is 11.3 Å². The van der Waals surface area contributed by atoms with Gasteiger partial charge in [0, 0.05) is 43.5 Å². The van der Waals surface area contributed by atoms with Crippen LogP contribution in [-0.2, 0) is 16.0 Å². The van der Waals surface area contributed by atoms with E-state index in [2.05, 4.69) is 35.4 Å². The van der Waals surface area contributed by atoms with Gasteiger partial charge in [-0.2, -0.15) is 0 Å².